The molecular formula is C16H25NO5S. The maximum atomic E-state index is 10.7. The van der Waals surface area contributed by atoms with Crippen molar-refractivity contribution in [2.45, 2.75) is 31.7 Å². The molecule has 0 aromatic heterocycles. The normalized spacial score (nSPS) is 21.3. The highest BCUT2D eigenvalue weighted by Gasteiger charge is 2.31. The number of rotatable bonds is 8. The predicted molar refractivity (Wildman–Crippen MR) is 86.0 cm³/mol. The minimum absolute atomic E-state index is 0.267. The van der Waals surface area contributed by atoms with Gasteiger partial charge in [-0.3, -0.25) is 0 Å². The van der Waals surface area contributed by atoms with Gasteiger partial charge in [-0.05, 0) is 25.0 Å². The average Bonchev–Trinajstić information content (AvgIpc) is 2.98. The van der Waals surface area contributed by atoms with Crippen LogP contribution in [0.2, 0.25) is 0 Å². The van der Waals surface area contributed by atoms with E-state index in [1.165, 1.54) is 4.90 Å². The van der Waals surface area contributed by atoms with Crippen LogP contribution in [0.5, 0.6) is 11.5 Å². The minimum Gasteiger partial charge on any atom is -0.748 e. The highest BCUT2D eigenvalue weighted by molar-refractivity contribution is 7.85. The Balaban J connectivity index is 2.01. The Morgan fingerprint density at radius 2 is 2.04 bits per heavy atom. The summed E-state index contributed by atoms with van der Waals surface area (Å²) in [6.07, 6.45) is 3.39. The molecule has 7 heteroatoms. The van der Waals surface area contributed by atoms with E-state index >= 15 is 0 Å². The van der Waals surface area contributed by atoms with E-state index in [0.717, 1.165) is 49.4 Å². The fraction of sp³-hybridized carbons (Fsp3) is 0.625. The number of unbranched alkanes of at least 4 members (excludes halogenated alkanes) is 1. The summed E-state index contributed by atoms with van der Waals surface area (Å²) in [5, 5.41) is 0. The zero-order valence-electron chi connectivity index (χ0n) is 13.7. The third-order valence-electron chi connectivity index (χ3n) is 4.44. The SMILES string of the molecule is COc1ccc([C@@H]2CCC[NH+]2CCCCS(=O)(=O)[O-])c(OC)c1. The summed E-state index contributed by atoms with van der Waals surface area (Å²) in [7, 11) is -0.808. The van der Waals surface area contributed by atoms with Crippen molar-refractivity contribution in [2.24, 2.45) is 0 Å². The van der Waals surface area contributed by atoms with Gasteiger partial charge in [0.05, 0.1) is 43.0 Å². The topological polar surface area (TPSA) is 80.1 Å². The number of ether oxygens (including phenoxy) is 2. The molecule has 2 rings (SSSR count). The second kappa shape index (κ2) is 7.99. The molecule has 1 fully saturated rings. The molecule has 1 aliphatic rings. The van der Waals surface area contributed by atoms with Crippen molar-refractivity contribution in [2.75, 3.05) is 33.1 Å². The fourth-order valence-electron chi connectivity index (χ4n) is 3.32. The van der Waals surface area contributed by atoms with E-state index in [9.17, 15) is 13.0 Å². The van der Waals surface area contributed by atoms with Crippen LogP contribution in [0.15, 0.2) is 18.2 Å². The standard InChI is InChI=1S/C16H25NO5S/c1-21-13-7-8-14(16(12-13)22-2)15-6-5-10-17(15)9-3-4-11-23(18,19)20/h7-8,12,15H,3-6,9-11H2,1-2H3,(H,18,19,20)/t15-/m0/s1. The van der Waals surface area contributed by atoms with E-state index in [0.29, 0.717) is 12.5 Å². The van der Waals surface area contributed by atoms with Gasteiger partial charge in [-0.25, -0.2) is 8.42 Å². The minimum atomic E-state index is -4.10. The molecule has 1 unspecified atom stereocenters. The lowest BCUT2D eigenvalue weighted by molar-refractivity contribution is -0.918. The Morgan fingerprint density at radius 3 is 2.70 bits per heavy atom. The highest BCUT2D eigenvalue weighted by Crippen LogP contribution is 2.31. The van der Waals surface area contributed by atoms with Crippen molar-refractivity contribution in [1.29, 1.82) is 0 Å². The smallest absolute Gasteiger partial charge is 0.131 e. The van der Waals surface area contributed by atoms with Gasteiger partial charge in [0.25, 0.3) is 0 Å². The lowest BCUT2D eigenvalue weighted by Crippen LogP contribution is -3.10. The van der Waals surface area contributed by atoms with E-state index in [2.05, 4.69) is 6.07 Å². The molecule has 1 heterocycles. The van der Waals surface area contributed by atoms with E-state index in [1.54, 1.807) is 14.2 Å². The van der Waals surface area contributed by atoms with Crippen molar-refractivity contribution < 1.29 is 27.3 Å². The molecule has 6 nitrogen and oxygen atoms in total. The van der Waals surface area contributed by atoms with Gasteiger partial charge in [-0.1, -0.05) is 0 Å². The molecule has 0 bridgehead atoms. The number of hydrogen-bond acceptors (Lipinski definition) is 5. The Labute approximate surface area is 138 Å². The van der Waals surface area contributed by atoms with E-state index in [1.807, 2.05) is 12.1 Å². The zero-order valence-corrected chi connectivity index (χ0v) is 14.5. The van der Waals surface area contributed by atoms with Gasteiger partial charge in [-0.15, -0.1) is 0 Å². The van der Waals surface area contributed by atoms with Gasteiger partial charge in [0, 0.05) is 24.7 Å². The Morgan fingerprint density at radius 1 is 1.26 bits per heavy atom. The molecule has 0 radical (unpaired) electrons. The third kappa shape index (κ3) is 5.09. The molecule has 1 aromatic rings. The van der Waals surface area contributed by atoms with Gasteiger partial charge in [-0.2, -0.15) is 0 Å². The van der Waals surface area contributed by atoms with Crippen LogP contribution in [0.4, 0.5) is 0 Å². The molecule has 23 heavy (non-hydrogen) atoms. The molecule has 0 amide bonds. The van der Waals surface area contributed by atoms with Crippen LogP contribution in [0, 0.1) is 0 Å². The first-order valence-corrected chi connectivity index (χ1v) is 9.52. The molecule has 2 atom stereocenters. The van der Waals surface area contributed by atoms with Gasteiger partial charge in [0.1, 0.15) is 17.5 Å². The third-order valence-corrected chi connectivity index (χ3v) is 5.23. The van der Waals surface area contributed by atoms with Gasteiger partial charge in [0.15, 0.2) is 0 Å². The lowest BCUT2D eigenvalue weighted by Gasteiger charge is -2.23. The van der Waals surface area contributed by atoms with Crippen molar-refractivity contribution in [3.63, 3.8) is 0 Å². The van der Waals surface area contributed by atoms with Gasteiger partial charge < -0.3 is 18.9 Å². The second-order valence-electron chi connectivity index (χ2n) is 5.93. The summed E-state index contributed by atoms with van der Waals surface area (Å²) in [4.78, 5) is 1.43. The Kier molecular flexibility index (Phi) is 6.26. The van der Waals surface area contributed by atoms with Crippen LogP contribution in [-0.2, 0) is 10.1 Å². The molecule has 0 spiro atoms. The van der Waals surface area contributed by atoms with Gasteiger partial charge >= 0.3 is 0 Å². The van der Waals surface area contributed by atoms with Crippen molar-refractivity contribution >= 4 is 10.1 Å². The summed E-state index contributed by atoms with van der Waals surface area (Å²) in [6, 6.07) is 6.24. The van der Waals surface area contributed by atoms with Crippen LogP contribution in [0.1, 0.15) is 37.3 Å². The Bertz CT molecular complexity index is 617. The first-order chi connectivity index (χ1) is 10.9. The molecule has 1 aromatic carbocycles. The quantitative estimate of drug-likeness (QED) is 0.556. The summed E-state index contributed by atoms with van der Waals surface area (Å²) in [5.74, 6) is 1.33. The van der Waals surface area contributed by atoms with E-state index < -0.39 is 10.1 Å². The predicted octanol–water partition coefficient (Wildman–Crippen LogP) is 0.749. The van der Waals surface area contributed by atoms with Crippen molar-refractivity contribution in [3.8, 4) is 11.5 Å². The van der Waals surface area contributed by atoms with Crippen LogP contribution >= 0.6 is 0 Å². The summed E-state index contributed by atoms with van der Waals surface area (Å²) >= 11 is 0. The lowest BCUT2D eigenvalue weighted by atomic mass is 10.0. The number of quaternary nitrogens is 1. The summed E-state index contributed by atoms with van der Waals surface area (Å²) < 4.78 is 42.7. The molecule has 1 aliphatic heterocycles. The largest absolute Gasteiger partial charge is 0.748 e. The number of hydrogen-bond donors (Lipinski definition) is 1. The molecule has 0 aliphatic carbocycles. The first kappa shape index (κ1) is 18.0. The van der Waals surface area contributed by atoms with Crippen molar-refractivity contribution in [3.05, 3.63) is 23.8 Å². The molecule has 1 N–H and O–H groups in total. The van der Waals surface area contributed by atoms with Crippen LogP contribution in [0.25, 0.3) is 0 Å². The fourth-order valence-corrected chi connectivity index (χ4v) is 3.88. The average molecular weight is 343 g/mol. The van der Waals surface area contributed by atoms with Crippen LogP contribution < -0.4 is 14.4 Å². The summed E-state index contributed by atoms with van der Waals surface area (Å²) in [5.41, 5.74) is 1.16. The molecule has 130 valence electrons. The molecule has 1 saturated heterocycles. The maximum Gasteiger partial charge on any atom is 0.131 e. The number of likely N-dealkylation sites (tertiary alicyclic amines) is 1. The van der Waals surface area contributed by atoms with E-state index in [4.69, 9.17) is 9.47 Å². The zero-order chi connectivity index (χ0) is 16.9. The molecular weight excluding hydrogens is 318 g/mol. The number of methoxy groups -OCH3 is 2. The maximum absolute atomic E-state index is 10.7. The Hall–Kier alpha value is -1.31. The first-order valence-electron chi connectivity index (χ1n) is 7.94. The highest BCUT2D eigenvalue weighted by atomic mass is 32.2. The van der Waals surface area contributed by atoms with Crippen LogP contribution in [0.3, 0.4) is 0 Å². The van der Waals surface area contributed by atoms with E-state index in [-0.39, 0.29) is 5.75 Å². The molecule has 0 saturated carbocycles. The van der Waals surface area contributed by atoms with Gasteiger partial charge in [0.2, 0.25) is 0 Å². The summed E-state index contributed by atoms with van der Waals surface area (Å²) in [6.45, 7) is 1.93. The monoisotopic (exact) mass is 343 g/mol. The van der Waals surface area contributed by atoms with Crippen molar-refractivity contribution in [1.82, 2.24) is 0 Å². The second-order valence-corrected chi connectivity index (χ2v) is 7.45. The number of benzene rings is 1. The number of nitrogens with one attached hydrogen (secondary N) is 1. The van der Waals surface area contributed by atoms with Crippen LogP contribution in [-0.4, -0.2) is 46.0 Å².